The molecular weight excluding hydrogens is 286 g/mol. The van der Waals surface area contributed by atoms with E-state index in [0.29, 0.717) is 0 Å². The Kier molecular flexibility index (Phi) is 4.28. The van der Waals surface area contributed by atoms with E-state index in [0.717, 1.165) is 23.7 Å². The van der Waals surface area contributed by atoms with E-state index in [9.17, 15) is 0 Å². The highest BCUT2D eigenvalue weighted by Crippen LogP contribution is 2.19. The Balaban J connectivity index is 1.86. The largest absolute Gasteiger partial charge is 0.357 e. The Morgan fingerprint density at radius 1 is 1.22 bits per heavy atom. The van der Waals surface area contributed by atoms with E-state index in [4.69, 9.17) is 4.98 Å². The number of benzene rings is 1. The molecule has 0 fully saturated rings. The maximum absolute atomic E-state index is 4.74. The van der Waals surface area contributed by atoms with Gasteiger partial charge in [0.15, 0.2) is 5.65 Å². The summed E-state index contributed by atoms with van der Waals surface area (Å²) in [6, 6.07) is 12.4. The second-order valence-corrected chi connectivity index (χ2v) is 5.82. The van der Waals surface area contributed by atoms with Crippen LogP contribution in [0.3, 0.4) is 0 Å². The Morgan fingerprint density at radius 2 is 2.00 bits per heavy atom. The van der Waals surface area contributed by atoms with Crippen molar-refractivity contribution in [2.24, 2.45) is 0 Å². The van der Waals surface area contributed by atoms with Gasteiger partial charge in [0.1, 0.15) is 11.5 Å². The molecule has 118 valence electrons. The summed E-state index contributed by atoms with van der Waals surface area (Å²) in [4.78, 5) is 6.88. The van der Waals surface area contributed by atoms with E-state index in [1.165, 1.54) is 11.1 Å². The van der Waals surface area contributed by atoms with Crippen molar-refractivity contribution in [2.75, 3.05) is 17.3 Å². The number of hydrogen-bond donors (Lipinski definition) is 1. The van der Waals surface area contributed by atoms with Gasteiger partial charge >= 0.3 is 0 Å². The molecule has 0 unspecified atom stereocenters. The molecule has 2 heterocycles. The predicted octanol–water partition coefficient (Wildman–Crippen LogP) is 3.70. The Morgan fingerprint density at radius 3 is 2.74 bits per heavy atom. The molecule has 3 aromatic rings. The summed E-state index contributed by atoms with van der Waals surface area (Å²) in [6.45, 7) is 4.91. The van der Waals surface area contributed by atoms with Crippen molar-refractivity contribution >= 4 is 17.2 Å². The van der Waals surface area contributed by atoms with Crippen LogP contribution >= 0.6 is 0 Å². The van der Waals surface area contributed by atoms with Gasteiger partial charge < -0.3 is 10.2 Å². The molecule has 23 heavy (non-hydrogen) atoms. The average Bonchev–Trinajstić information content (AvgIpc) is 2.96. The molecular formula is C18H21N5. The van der Waals surface area contributed by atoms with Crippen molar-refractivity contribution in [3.63, 3.8) is 0 Å². The lowest BCUT2D eigenvalue weighted by Gasteiger charge is -2.18. The number of fused-ring (bicyclic) bond motifs is 1. The van der Waals surface area contributed by atoms with Crippen LogP contribution in [-0.4, -0.2) is 21.6 Å². The first kappa shape index (κ1) is 15.1. The van der Waals surface area contributed by atoms with Crippen molar-refractivity contribution in [1.29, 1.82) is 0 Å². The van der Waals surface area contributed by atoms with Crippen LogP contribution in [0.2, 0.25) is 0 Å². The molecule has 0 radical (unpaired) electrons. The smallest absolute Gasteiger partial charge is 0.180 e. The molecule has 3 rings (SSSR count). The molecule has 5 nitrogen and oxygen atoms in total. The normalized spacial score (nSPS) is 10.6. The van der Waals surface area contributed by atoms with E-state index in [2.05, 4.69) is 39.6 Å². The summed E-state index contributed by atoms with van der Waals surface area (Å²) in [5.74, 6) is 0.919. The van der Waals surface area contributed by atoms with Gasteiger partial charge in [-0.2, -0.15) is 5.10 Å². The van der Waals surface area contributed by atoms with Crippen LogP contribution in [-0.2, 0) is 6.54 Å². The third kappa shape index (κ3) is 3.51. The van der Waals surface area contributed by atoms with E-state index < -0.39 is 0 Å². The van der Waals surface area contributed by atoms with Crippen LogP contribution in [0.5, 0.6) is 0 Å². The van der Waals surface area contributed by atoms with Gasteiger partial charge in [0, 0.05) is 19.8 Å². The van der Waals surface area contributed by atoms with Crippen LogP contribution in [0, 0.1) is 0 Å². The number of anilines is 2. The molecule has 0 aliphatic heterocycles. The van der Waals surface area contributed by atoms with Crippen LogP contribution in [0.25, 0.3) is 5.65 Å². The zero-order chi connectivity index (χ0) is 16.2. The first-order valence-corrected chi connectivity index (χ1v) is 7.63. The van der Waals surface area contributed by atoms with Crippen LogP contribution in [0.15, 0.2) is 60.6 Å². The molecule has 1 N–H and O–H groups in total. The SMILES string of the molecule is CC(C)=CNc1cnn2ccc(N(C)Cc3ccccc3)nc12. The Labute approximate surface area is 136 Å². The van der Waals surface area contributed by atoms with E-state index in [-0.39, 0.29) is 0 Å². The lowest BCUT2D eigenvalue weighted by atomic mass is 10.2. The van der Waals surface area contributed by atoms with E-state index in [1.54, 1.807) is 10.7 Å². The van der Waals surface area contributed by atoms with Gasteiger partial charge in [-0.3, -0.25) is 0 Å². The molecule has 2 aromatic heterocycles. The summed E-state index contributed by atoms with van der Waals surface area (Å²) in [7, 11) is 2.05. The molecule has 0 saturated carbocycles. The van der Waals surface area contributed by atoms with Crippen molar-refractivity contribution < 1.29 is 0 Å². The fraction of sp³-hybridized carbons (Fsp3) is 0.222. The predicted molar refractivity (Wildman–Crippen MR) is 94.6 cm³/mol. The van der Waals surface area contributed by atoms with Crippen LogP contribution < -0.4 is 10.2 Å². The van der Waals surface area contributed by atoms with Crippen molar-refractivity contribution in [1.82, 2.24) is 14.6 Å². The average molecular weight is 307 g/mol. The Hall–Kier alpha value is -2.82. The van der Waals surface area contributed by atoms with Crippen molar-refractivity contribution in [3.8, 4) is 0 Å². The molecule has 0 saturated heterocycles. The number of nitrogens with zero attached hydrogens (tertiary/aromatic N) is 4. The highest BCUT2D eigenvalue weighted by atomic mass is 15.3. The van der Waals surface area contributed by atoms with Crippen molar-refractivity contribution in [2.45, 2.75) is 20.4 Å². The summed E-state index contributed by atoms with van der Waals surface area (Å²) >= 11 is 0. The molecule has 5 heteroatoms. The topological polar surface area (TPSA) is 45.5 Å². The fourth-order valence-electron chi connectivity index (χ4n) is 2.33. The maximum Gasteiger partial charge on any atom is 0.180 e. The minimum Gasteiger partial charge on any atom is -0.357 e. The summed E-state index contributed by atoms with van der Waals surface area (Å²) < 4.78 is 1.78. The molecule has 0 aliphatic carbocycles. The second kappa shape index (κ2) is 6.52. The first-order valence-electron chi connectivity index (χ1n) is 7.63. The van der Waals surface area contributed by atoms with Crippen molar-refractivity contribution in [3.05, 3.63) is 66.1 Å². The van der Waals surface area contributed by atoms with Gasteiger partial charge in [0.25, 0.3) is 0 Å². The van der Waals surface area contributed by atoms with Crippen LogP contribution in [0.4, 0.5) is 11.5 Å². The first-order chi connectivity index (χ1) is 11.1. The third-order valence-corrected chi connectivity index (χ3v) is 3.52. The van der Waals surface area contributed by atoms with Gasteiger partial charge in [0.05, 0.1) is 6.20 Å². The molecule has 0 bridgehead atoms. The lowest BCUT2D eigenvalue weighted by molar-refractivity contribution is 0.877. The van der Waals surface area contributed by atoms with Crippen LogP contribution in [0.1, 0.15) is 19.4 Å². The van der Waals surface area contributed by atoms with Gasteiger partial charge in [-0.05, 0) is 31.7 Å². The highest BCUT2D eigenvalue weighted by Gasteiger charge is 2.09. The van der Waals surface area contributed by atoms with Gasteiger partial charge in [-0.15, -0.1) is 0 Å². The highest BCUT2D eigenvalue weighted by molar-refractivity contribution is 5.69. The van der Waals surface area contributed by atoms with Gasteiger partial charge in [0.2, 0.25) is 0 Å². The van der Waals surface area contributed by atoms with Gasteiger partial charge in [-0.1, -0.05) is 35.9 Å². The molecule has 0 spiro atoms. The monoisotopic (exact) mass is 307 g/mol. The summed E-state index contributed by atoms with van der Waals surface area (Å²) in [5.41, 5.74) is 4.18. The van der Waals surface area contributed by atoms with Gasteiger partial charge in [-0.25, -0.2) is 9.50 Å². The molecule has 0 aliphatic rings. The zero-order valence-corrected chi connectivity index (χ0v) is 13.7. The maximum atomic E-state index is 4.74. The zero-order valence-electron chi connectivity index (χ0n) is 13.7. The minimum atomic E-state index is 0.814. The standard InChI is InChI=1S/C18H21N5/c1-14(2)11-19-16-12-20-23-10-9-17(21-18(16)23)22(3)13-15-7-5-4-6-8-15/h4-12,19H,13H2,1-3H3. The van der Waals surface area contributed by atoms with E-state index in [1.807, 2.05) is 45.4 Å². The lowest BCUT2D eigenvalue weighted by Crippen LogP contribution is -2.18. The number of rotatable bonds is 5. The minimum absolute atomic E-state index is 0.814. The molecule has 0 atom stereocenters. The number of hydrogen-bond acceptors (Lipinski definition) is 4. The molecule has 1 aromatic carbocycles. The Bertz CT molecular complexity index is 816. The molecule has 0 amide bonds. The number of nitrogens with one attached hydrogen (secondary N) is 1. The summed E-state index contributed by atoms with van der Waals surface area (Å²) in [5, 5.41) is 7.58. The third-order valence-electron chi connectivity index (χ3n) is 3.52. The number of allylic oxidation sites excluding steroid dienone is 1. The van der Waals surface area contributed by atoms with E-state index >= 15 is 0 Å². The summed E-state index contributed by atoms with van der Waals surface area (Å²) in [6.07, 6.45) is 5.69. The fourth-order valence-corrected chi connectivity index (χ4v) is 2.33. The second-order valence-electron chi connectivity index (χ2n) is 5.82. The number of aromatic nitrogens is 3. The quantitative estimate of drug-likeness (QED) is 0.780.